The summed E-state index contributed by atoms with van der Waals surface area (Å²) in [4.78, 5) is 10.9. The van der Waals surface area contributed by atoms with Crippen molar-refractivity contribution in [3.63, 3.8) is 0 Å². The van der Waals surface area contributed by atoms with Gasteiger partial charge in [-0.25, -0.2) is 9.98 Å². The van der Waals surface area contributed by atoms with E-state index < -0.39 is 14.4 Å². The molecule has 4 aromatic heterocycles. The standard InChI is InChI=1S/C56H38B2N6O2/c1-65-57-61-43-27-31-47(61)55(48-32-28-44(62(48)57)52(36-17-9-4-10-18-36)40-24-23-39(59-40)51(43)35-15-7-3-8-16-35)56-49-33-29-45-53(37-19-11-5-12-20-37)41-25-26-42(60-41)54(38-21-13-6-14-22-38)46-30-34-50(56)64(46)58(66-2)63(45)49/h3-34H,1-2H3. The molecular formula is C56H38B2N6O2. The molecule has 0 atom stereocenters. The Morgan fingerprint density at radius 3 is 0.955 bits per heavy atom. The Labute approximate surface area is 381 Å². The van der Waals surface area contributed by atoms with Crippen LogP contribution in [0.4, 0.5) is 0 Å². The molecule has 0 fully saturated rings. The molecule has 10 heterocycles. The predicted octanol–water partition coefficient (Wildman–Crippen LogP) is 6.64. The first-order valence-corrected chi connectivity index (χ1v) is 22.4. The highest BCUT2D eigenvalue weighted by molar-refractivity contribution is 6.52. The van der Waals surface area contributed by atoms with Gasteiger partial charge in [-0.3, -0.25) is 0 Å². The lowest BCUT2D eigenvalue weighted by molar-refractivity contribution is 0.395. The monoisotopic (exact) mass is 848 g/mol. The van der Waals surface area contributed by atoms with E-state index in [0.29, 0.717) is 0 Å². The largest absolute Gasteiger partial charge is 0.557 e. The van der Waals surface area contributed by atoms with Crippen LogP contribution in [0.25, 0.3) is 33.4 Å². The maximum atomic E-state index is 6.75. The van der Waals surface area contributed by atoms with E-state index in [-0.39, 0.29) is 0 Å². The summed E-state index contributed by atoms with van der Waals surface area (Å²) >= 11 is 0. The molecule has 0 unspecified atom stereocenters. The summed E-state index contributed by atoms with van der Waals surface area (Å²) in [5, 5.41) is 4.11. The summed E-state index contributed by atoms with van der Waals surface area (Å²) in [7, 11) is 2.59. The molecule has 0 N–H and O–H groups in total. The van der Waals surface area contributed by atoms with Crippen molar-refractivity contribution in [1.82, 2.24) is 17.9 Å². The van der Waals surface area contributed by atoms with E-state index in [0.717, 1.165) is 123 Å². The minimum absolute atomic E-state index is 0.525. The van der Waals surface area contributed by atoms with Gasteiger partial charge in [0.15, 0.2) is 0 Å². The summed E-state index contributed by atoms with van der Waals surface area (Å²) < 4.78 is 23.0. The van der Waals surface area contributed by atoms with Gasteiger partial charge in [0.25, 0.3) is 0 Å². The van der Waals surface area contributed by atoms with E-state index in [2.05, 4.69) is 212 Å². The smallest absolute Gasteiger partial charge is 0.400 e. The fourth-order valence-electron chi connectivity index (χ4n) is 11.2. The molecule has 10 heteroatoms. The second-order valence-electron chi connectivity index (χ2n) is 17.2. The Morgan fingerprint density at radius 1 is 0.318 bits per heavy atom. The van der Waals surface area contributed by atoms with Crippen LogP contribution < -0.4 is 21.4 Å². The average Bonchev–Trinajstić information content (AvgIpc) is 4.25. The molecule has 8 bridgehead atoms. The van der Waals surface area contributed by atoms with Crippen LogP contribution in [0.3, 0.4) is 0 Å². The van der Waals surface area contributed by atoms with Crippen molar-refractivity contribution in [1.29, 1.82) is 0 Å². The van der Waals surface area contributed by atoms with Gasteiger partial charge in [-0.2, -0.15) is 0 Å². The Kier molecular flexibility index (Phi) is 7.99. The normalized spacial score (nSPS) is 16.2. The van der Waals surface area contributed by atoms with Crippen molar-refractivity contribution >= 4 is 59.2 Å². The van der Waals surface area contributed by atoms with Gasteiger partial charge >= 0.3 is 14.4 Å². The third kappa shape index (κ3) is 5.08. The molecule has 0 aliphatic carbocycles. The molecule has 0 radical (unpaired) electrons. The molecule has 14 rings (SSSR count). The quantitative estimate of drug-likeness (QED) is 0.169. The highest BCUT2D eigenvalue weighted by Gasteiger charge is 2.42. The van der Waals surface area contributed by atoms with Crippen LogP contribution in [0.5, 0.6) is 0 Å². The van der Waals surface area contributed by atoms with E-state index in [1.54, 1.807) is 0 Å². The van der Waals surface area contributed by atoms with Crippen molar-refractivity contribution in [2.45, 2.75) is 0 Å². The zero-order valence-electron chi connectivity index (χ0n) is 36.1. The van der Waals surface area contributed by atoms with Crippen molar-refractivity contribution in [2.75, 3.05) is 14.2 Å². The minimum atomic E-state index is -0.525. The van der Waals surface area contributed by atoms with Crippen LogP contribution in [0.2, 0.25) is 0 Å². The number of aliphatic imine (C=N–C) groups is 2. The number of rotatable bonds is 7. The van der Waals surface area contributed by atoms with Gasteiger partial charge in [0.1, 0.15) is 0 Å². The van der Waals surface area contributed by atoms with Gasteiger partial charge in [-0.1, -0.05) is 121 Å². The van der Waals surface area contributed by atoms with Crippen molar-refractivity contribution in [2.24, 2.45) is 9.98 Å². The molecule has 0 saturated carbocycles. The Hall–Kier alpha value is -8.17. The average molecular weight is 849 g/mol. The van der Waals surface area contributed by atoms with E-state index >= 15 is 0 Å². The molecule has 310 valence electrons. The number of aromatic nitrogens is 4. The number of nitrogens with zero attached hydrogens (tertiary/aromatic N) is 6. The van der Waals surface area contributed by atoms with Crippen molar-refractivity contribution in [3.8, 4) is 0 Å². The third-order valence-electron chi connectivity index (χ3n) is 13.8. The first kappa shape index (κ1) is 37.2. The summed E-state index contributed by atoms with van der Waals surface area (Å²) in [5.74, 6) is 0. The highest BCUT2D eigenvalue weighted by atomic mass is 16.4. The lowest BCUT2D eigenvalue weighted by Gasteiger charge is -2.32. The van der Waals surface area contributed by atoms with Crippen LogP contribution in [-0.2, 0) is 9.31 Å². The van der Waals surface area contributed by atoms with E-state index in [9.17, 15) is 0 Å². The summed E-state index contributed by atoms with van der Waals surface area (Å²) in [5.41, 5.74) is 18.4. The first-order valence-electron chi connectivity index (χ1n) is 22.4. The van der Waals surface area contributed by atoms with Crippen LogP contribution >= 0.6 is 0 Å². The van der Waals surface area contributed by atoms with Gasteiger partial charge < -0.3 is 27.2 Å². The summed E-state index contributed by atoms with van der Waals surface area (Å²) in [6, 6.07) is 60.6. The zero-order valence-corrected chi connectivity index (χ0v) is 36.1. The molecule has 8 nitrogen and oxygen atoms in total. The summed E-state index contributed by atoms with van der Waals surface area (Å²) in [6.07, 6.45) is 8.67. The van der Waals surface area contributed by atoms with E-state index in [4.69, 9.17) is 19.3 Å². The second-order valence-corrected chi connectivity index (χ2v) is 17.2. The maximum absolute atomic E-state index is 6.75. The maximum Gasteiger partial charge on any atom is 0.557 e. The Balaban J connectivity index is 1.20. The van der Waals surface area contributed by atoms with Crippen LogP contribution in [0, 0.1) is 0 Å². The molecular weight excluding hydrogens is 810 g/mol. The lowest BCUT2D eigenvalue weighted by atomic mass is 9.85. The number of allylic oxidation sites excluding steroid dienone is 4. The molecule has 0 spiro atoms. The number of fused-ring (bicyclic) bond motifs is 2. The molecule has 8 aromatic rings. The Morgan fingerprint density at radius 2 is 0.621 bits per heavy atom. The molecule has 6 aliphatic rings. The SMILES string of the molecule is COB1n2c3ccc2C(C2=c4ccc5n4B(OC)n4c(ccc42)C(c2ccccc2)=C2C=CC(=N2)C=5c2ccccc2)=c2ccc(n21)=C(c1ccccc1)C1=NC(=C3c2ccccc2)C=C1. The fraction of sp³-hybridized carbons (Fsp3) is 0.0357. The fourth-order valence-corrected chi connectivity index (χ4v) is 11.2. The predicted molar refractivity (Wildman–Crippen MR) is 264 cm³/mol. The highest BCUT2D eigenvalue weighted by Crippen LogP contribution is 2.41. The van der Waals surface area contributed by atoms with E-state index in [1.807, 2.05) is 14.2 Å². The van der Waals surface area contributed by atoms with Crippen molar-refractivity contribution in [3.05, 3.63) is 272 Å². The molecule has 4 aromatic carbocycles. The molecule has 0 amide bonds. The van der Waals surface area contributed by atoms with Crippen molar-refractivity contribution < 1.29 is 9.31 Å². The molecule has 0 saturated heterocycles. The third-order valence-corrected chi connectivity index (χ3v) is 13.8. The van der Waals surface area contributed by atoms with E-state index in [1.165, 1.54) is 0 Å². The van der Waals surface area contributed by atoms with Crippen LogP contribution in [-0.4, -0.2) is 57.9 Å². The first-order chi connectivity index (χ1) is 32.7. The summed E-state index contributed by atoms with van der Waals surface area (Å²) in [6.45, 7) is 0. The number of hydrogen-bond acceptors (Lipinski definition) is 4. The minimum Gasteiger partial charge on any atom is -0.400 e. The molecule has 6 aliphatic heterocycles. The van der Waals surface area contributed by atoms with Crippen LogP contribution in [0.1, 0.15) is 45.0 Å². The second kappa shape index (κ2) is 14.2. The number of hydrogen-bond donors (Lipinski definition) is 0. The van der Waals surface area contributed by atoms with Gasteiger partial charge in [0.05, 0.1) is 22.8 Å². The van der Waals surface area contributed by atoms with Gasteiger partial charge in [-0.15, -0.1) is 0 Å². The zero-order chi connectivity index (χ0) is 43.6. The van der Waals surface area contributed by atoms with Crippen LogP contribution in [0.15, 0.2) is 216 Å². The number of benzene rings is 4. The van der Waals surface area contributed by atoms with Gasteiger partial charge in [0.2, 0.25) is 0 Å². The molecule has 66 heavy (non-hydrogen) atoms. The lowest BCUT2D eigenvalue weighted by Crippen LogP contribution is -2.55. The van der Waals surface area contributed by atoms with Gasteiger partial charge in [0, 0.05) is 91.8 Å². The van der Waals surface area contributed by atoms with Gasteiger partial charge in [-0.05, 0) is 95.1 Å². The Bertz CT molecular complexity index is 3620. The topological polar surface area (TPSA) is 62.9 Å².